The molecule has 0 aromatic heterocycles. The van der Waals surface area contributed by atoms with Crippen molar-refractivity contribution in [3.63, 3.8) is 0 Å². The van der Waals surface area contributed by atoms with Crippen LogP contribution in [-0.2, 0) is 28.6 Å². The van der Waals surface area contributed by atoms with Gasteiger partial charge in [-0.25, -0.2) is 0 Å². The summed E-state index contributed by atoms with van der Waals surface area (Å²) in [5.74, 6) is -0.939. The minimum atomic E-state index is -0.797. The van der Waals surface area contributed by atoms with Gasteiger partial charge in [-0.15, -0.1) is 0 Å². The molecule has 0 aliphatic heterocycles. The summed E-state index contributed by atoms with van der Waals surface area (Å²) in [6.45, 7) is 6.59. The largest absolute Gasteiger partial charge is 0.462 e. The molecular formula is C63H112O6. The molecule has 0 radical (unpaired) electrons. The Kier molecular flexibility index (Phi) is 55.3. The van der Waals surface area contributed by atoms with Crippen molar-refractivity contribution in [1.82, 2.24) is 0 Å². The van der Waals surface area contributed by atoms with E-state index in [4.69, 9.17) is 14.2 Å². The number of hydrogen-bond donors (Lipinski definition) is 0. The van der Waals surface area contributed by atoms with Crippen LogP contribution in [0.3, 0.4) is 0 Å². The summed E-state index contributed by atoms with van der Waals surface area (Å²) in [4.78, 5) is 38.2. The molecule has 0 saturated heterocycles. The maximum atomic E-state index is 12.9. The zero-order valence-corrected chi connectivity index (χ0v) is 45.8. The third kappa shape index (κ3) is 55.9. The van der Waals surface area contributed by atoms with Gasteiger partial charge in [-0.05, 0) is 83.5 Å². The van der Waals surface area contributed by atoms with Gasteiger partial charge in [0.05, 0.1) is 0 Å². The van der Waals surface area contributed by atoms with Gasteiger partial charge in [-0.2, -0.15) is 0 Å². The fourth-order valence-electron chi connectivity index (χ4n) is 8.49. The highest BCUT2D eigenvalue weighted by atomic mass is 16.6. The van der Waals surface area contributed by atoms with E-state index in [9.17, 15) is 14.4 Å². The molecule has 0 aromatic carbocycles. The first-order valence-electron chi connectivity index (χ1n) is 29.8. The smallest absolute Gasteiger partial charge is 0.306 e. The van der Waals surface area contributed by atoms with Crippen molar-refractivity contribution >= 4 is 17.9 Å². The molecule has 0 aromatic rings. The average molecular weight is 966 g/mol. The van der Waals surface area contributed by atoms with Gasteiger partial charge >= 0.3 is 17.9 Å². The van der Waals surface area contributed by atoms with Crippen molar-refractivity contribution in [2.24, 2.45) is 0 Å². The van der Waals surface area contributed by atoms with Gasteiger partial charge < -0.3 is 14.2 Å². The predicted molar refractivity (Wildman–Crippen MR) is 298 cm³/mol. The Morgan fingerprint density at radius 3 is 0.913 bits per heavy atom. The summed E-state index contributed by atoms with van der Waals surface area (Å²) >= 11 is 0. The molecule has 400 valence electrons. The molecule has 69 heavy (non-hydrogen) atoms. The molecule has 0 saturated carbocycles. The van der Waals surface area contributed by atoms with Crippen LogP contribution in [0.5, 0.6) is 0 Å². The van der Waals surface area contributed by atoms with E-state index >= 15 is 0 Å². The number of carbonyl (C=O) groups is 3. The van der Waals surface area contributed by atoms with E-state index in [2.05, 4.69) is 81.5 Å². The molecule has 0 aliphatic rings. The Labute approximate surface area is 428 Å². The Morgan fingerprint density at radius 2 is 0.536 bits per heavy atom. The van der Waals surface area contributed by atoms with E-state index in [1.807, 2.05) is 0 Å². The average Bonchev–Trinajstić information content (AvgIpc) is 3.35. The van der Waals surface area contributed by atoms with Gasteiger partial charge in [0.1, 0.15) is 13.2 Å². The Morgan fingerprint density at radius 1 is 0.290 bits per heavy atom. The van der Waals surface area contributed by atoms with Gasteiger partial charge in [0.15, 0.2) is 6.10 Å². The van der Waals surface area contributed by atoms with Crippen LogP contribution in [0.15, 0.2) is 60.8 Å². The normalized spacial score (nSPS) is 12.4. The first kappa shape index (κ1) is 66.1. The minimum absolute atomic E-state index is 0.0900. The third-order valence-corrected chi connectivity index (χ3v) is 13.0. The lowest BCUT2D eigenvalue weighted by molar-refractivity contribution is -0.167. The minimum Gasteiger partial charge on any atom is -0.462 e. The molecule has 0 fully saturated rings. The first-order valence-corrected chi connectivity index (χ1v) is 29.8. The Hall–Kier alpha value is -2.89. The number of unbranched alkanes of at least 4 members (excludes halogenated alkanes) is 33. The lowest BCUT2D eigenvalue weighted by Crippen LogP contribution is -2.30. The van der Waals surface area contributed by atoms with Gasteiger partial charge in [0.2, 0.25) is 0 Å². The van der Waals surface area contributed by atoms with Gasteiger partial charge in [0, 0.05) is 19.3 Å². The van der Waals surface area contributed by atoms with Crippen molar-refractivity contribution < 1.29 is 28.6 Å². The van der Waals surface area contributed by atoms with Gasteiger partial charge in [-0.1, -0.05) is 261 Å². The molecule has 0 N–H and O–H groups in total. The molecule has 0 rings (SSSR count). The van der Waals surface area contributed by atoms with E-state index in [0.29, 0.717) is 19.3 Å². The van der Waals surface area contributed by atoms with Crippen LogP contribution in [0.4, 0.5) is 0 Å². The van der Waals surface area contributed by atoms with Crippen molar-refractivity contribution in [2.75, 3.05) is 13.2 Å². The molecule has 0 heterocycles. The van der Waals surface area contributed by atoms with E-state index in [1.54, 1.807) is 0 Å². The van der Waals surface area contributed by atoms with E-state index in [1.165, 1.54) is 193 Å². The van der Waals surface area contributed by atoms with E-state index in [-0.39, 0.29) is 37.5 Å². The Bertz CT molecular complexity index is 1250. The van der Waals surface area contributed by atoms with Crippen LogP contribution in [0.1, 0.15) is 303 Å². The maximum absolute atomic E-state index is 12.9. The topological polar surface area (TPSA) is 78.9 Å². The molecule has 6 heteroatoms. The second-order valence-corrected chi connectivity index (χ2v) is 19.9. The van der Waals surface area contributed by atoms with Crippen molar-refractivity contribution in [1.29, 1.82) is 0 Å². The summed E-state index contributed by atoms with van der Waals surface area (Å²) in [6, 6.07) is 0. The summed E-state index contributed by atoms with van der Waals surface area (Å²) in [5.41, 5.74) is 0. The lowest BCUT2D eigenvalue weighted by Gasteiger charge is -2.18. The lowest BCUT2D eigenvalue weighted by atomic mass is 10.0. The number of allylic oxidation sites excluding steroid dienone is 10. The van der Waals surface area contributed by atoms with Gasteiger partial charge in [-0.3, -0.25) is 14.4 Å². The summed E-state index contributed by atoms with van der Waals surface area (Å²) in [7, 11) is 0. The summed E-state index contributed by atoms with van der Waals surface area (Å²) in [6.07, 6.45) is 72.2. The van der Waals surface area contributed by atoms with Crippen LogP contribution in [0.2, 0.25) is 0 Å². The zero-order valence-electron chi connectivity index (χ0n) is 45.8. The van der Waals surface area contributed by atoms with Crippen LogP contribution in [0, 0.1) is 0 Å². The monoisotopic (exact) mass is 965 g/mol. The fourth-order valence-corrected chi connectivity index (χ4v) is 8.49. The molecule has 6 nitrogen and oxygen atoms in total. The van der Waals surface area contributed by atoms with E-state index < -0.39 is 6.10 Å². The first-order chi connectivity index (χ1) is 34.0. The molecule has 0 unspecified atom stereocenters. The highest BCUT2D eigenvalue weighted by Crippen LogP contribution is 2.16. The summed E-state index contributed by atoms with van der Waals surface area (Å²) in [5, 5.41) is 0. The van der Waals surface area contributed by atoms with E-state index in [0.717, 1.165) is 64.2 Å². The predicted octanol–water partition coefficient (Wildman–Crippen LogP) is 20.0. The van der Waals surface area contributed by atoms with Crippen LogP contribution < -0.4 is 0 Å². The number of carbonyl (C=O) groups excluding carboxylic acids is 3. The highest BCUT2D eigenvalue weighted by molar-refractivity contribution is 5.71. The standard InChI is InChI=1S/C63H112O6/c1-4-7-10-13-16-19-22-25-28-31-34-37-40-43-46-49-52-55-61(64)67-58-60(69-63(66)57-54-51-48-45-42-39-36-33-30-27-24-21-18-15-12-9-6-3)59-68-62(65)56-53-50-47-44-41-38-35-32-29-26-23-20-17-14-11-8-5-2/h16,19,25,27-28,30,34,37,43,46,60H,4-15,17-18,20-24,26,29,31-33,35-36,38-42,44-45,47-59H2,1-3H3/b19-16-,28-25-,30-27-,37-34-,46-43-/t60-/m0/s1. The fraction of sp³-hybridized carbons (Fsp3) is 0.794. The summed E-state index contributed by atoms with van der Waals surface area (Å²) < 4.78 is 16.8. The SMILES string of the molecule is CCCCC/C=C\C/C=C\C/C=C\C/C=C\CCCC(=O)OC[C@@H](COC(=O)CCCCCCCCCCCCCCCCCCC)OC(=O)CCCCCCCCC/C=C\CCCCCCCC. The highest BCUT2D eigenvalue weighted by Gasteiger charge is 2.19. The zero-order chi connectivity index (χ0) is 50.0. The van der Waals surface area contributed by atoms with Crippen LogP contribution >= 0.6 is 0 Å². The third-order valence-electron chi connectivity index (χ3n) is 13.0. The molecular weight excluding hydrogens is 853 g/mol. The van der Waals surface area contributed by atoms with Crippen LogP contribution in [0.25, 0.3) is 0 Å². The molecule has 0 bridgehead atoms. The van der Waals surface area contributed by atoms with Crippen molar-refractivity contribution in [3.05, 3.63) is 60.8 Å². The second kappa shape index (κ2) is 57.7. The second-order valence-electron chi connectivity index (χ2n) is 19.9. The molecule has 0 spiro atoms. The Balaban J connectivity index is 4.44. The number of ether oxygens (including phenoxy) is 3. The number of esters is 3. The number of rotatable bonds is 54. The van der Waals surface area contributed by atoms with Gasteiger partial charge in [0.25, 0.3) is 0 Å². The molecule has 0 aliphatic carbocycles. The van der Waals surface area contributed by atoms with Crippen molar-refractivity contribution in [2.45, 2.75) is 309 Å². The van der Waals surface area contributed by atoms with Crippen LogP contribution in [-0.4, -0.2) is 37.2 Å². The quantitative estimate of drug-likeness (QED) is 0.0262. The van der Waals surface area contributed by atoms with Crippen molar-refractivity contribution in [3.8, 4) is 0 Å². The molecule has 0 amide bonds. The maximum Gasteiger partial charge on any atom is 0.306 e. The molecule has 1 atom stereocenters. The number of hydrogen-bond acceptors (Lipinski definition) is 6.